The van der Waals surface area contributed by atoms with Crippen LogP contribution in [0.4, 0.5) is 21.5 Å². The molecular weight excluding hydrogens is 790 g/mol. The van der Waals surface area contributed by atoms with Crippen LogP contribution in [-0.4, -0.2) is 119 Å². The number of fused-ring (bicyclic) bond motifs is 2. The molecule has 7 rings (SSSR count). The Bertz CT molecular complexity index is 2310. The third-order valence-corrected chi connectivity index (χ3v) is 11.4. The van der Waals surface area contributed by atoms with Gasteiger partial charge in [0.1, 0.15) is 11.9 Å². The molecule has 1 aromatic heterocycles. The van der Waals surface area contributed by atoms with Crippen molar-refractivity contribution < 1.29 is 42.7 Å². The second kappa shape index (κ2) is 18.7. The van der Waals surface area contributed by atoms with E-state index in [1.807, 2.05) is 16.7 Å². The molecule has 6 N–H and O–H groups in total. The molecule has 2 aromatic carbocycles. The molecular formula is C43H48FN9O8. The lowest BCUT2D eigenvalue weighted by molar-refractivity contribution is -0.136. The van der Waals surface area contributed by atoms with E-state index in [-0.39, 0.29) is 60.7 Å². The van der Waals surface area contributed by atoms with Gasteiger partial charge in [0.25, 0.3) is 17.7 Å². The van der Waals surface area contributed by atoms with Crippen LogP contribution in [0.2, 0.25) is 0 Å². The number of carbonyl (C=O) groups excluding carboxylic acids is 8. The first-order chi connectivity index (χ1) is 29.4. The Labute approximate surface area is 350 Å². The number of halogens is 1. The molecule has 61 heavy (non-hydrogen) atoms. The number of anilines is 3. The van der Waals surface area contributed by atoms with Crippen molar-refractivity contribution in [3.8, 4) is 0 Å². The summed E-state index contributed by atoms with van der Waals surface area (Å²) in [6.45, 7) is 4.72. The van der Waals surface area contributed by atoms with Gasteiger partial charge >= 0.3 is 0 Å². The summed E-state index contributed by atoms with van der Waals surface area (Å²) in [5, 5.41) is 13.8. The third-order valence-electron chi connectivity index (χ3n) is 11.4. The van der Waals surface area contributed by atoms with Gasteiger partial charge in [0.2, 0.25) is 29.5 Å². The van der Waals surface area contributed by atoms with Crippen molar-refractivity contribution in [2.24, 2.45) is 0 Å². The van der Waals surface area contributed by atoms with E-state index in [0.29, 0.717) is 92.3 Å². The second-order valence-electron chi connectivity index (χ2n) is 15.5. The Morgan fingerprint density at radius 3 is 2.39 bits per heavy atom. The molecule has 0 aliphatic carbocycles. The molecule has 8 amide bonds. The van der Waals surface area contributed by atoms with Crippen LogP contribution in [-0.2, 0) is 28.8 Å². The number of amides is 8. The first-order valence-electron chi connectivity index (χ1n) is 20.5. The number of benzene rings is 2. The standard InChI is InChI=1S/C43H48FN9O8/c1-25-32(22-29-28-21-26(44)11-12-30(28)49-40(29)58)47-23-33(25)48-37(56)24-51-17-19-52(20-18-51)38(57)10-5-3-2-4-9-35(54)46-16-15-45-31-8-6-7-27-39(31)43(61)53(42(27)60)34-13-14-36(55)50-41(34)59/h6-8,11-12,21-23,34,45,47H,2-5,9-10,13-20,24H2,1H3,(H,46,54)(H,48,56)(H,49,58)(H,50,55,59)/b29-22-. The Kier molecular flexibility index (Phi) is 13.0. The summed E-state index contributed by atoms with van der Waals surface area (Å²) in [6, 6.07) is 7.87. The zero-order chi connectivity index (χ0) is 43.2. The maximum Gasteiger partial charge on any atom is 0.264 e. The SMILES string of the molecule is Cc1c(NC(=O)CN2CCN(C(=O)CCCCCCC(=O)NCCNc3cccc4c3C(=O)N(C3CCC(=O)NC3=O)C4=O)CC2)c[nH]c1/C=C1\C(=O)Nc2ccc(F)cc21. The quantitative estimate of drug-likeness (QED) is 0.0704. The van der Waals surface area contributed by atoms with Crippen LogP contribution in [0.25, 0.3) is 11.6 Å². The molecule has 3 aromatic rings. The average molecular weight is 838 g/mol. The van der Waals surface area contributed by atoms with E-state index in [1.54, 1.807) is 24.4 Å². The highest BCUT2D eigenvalue weighted by Gasteiger charge is 2.45. The molecule has 0 bridgehead atoms. The molecule has 0 saturated carbocycles. The fraction of sp³-hybridized carbons (Fsp3) is 0.395. The minimum Gasteiger partial charge on any atom is -0.383 e. The molecule has 2 saturated heterocycles. The Morgan fingerprint density at radius 2 is 1.62 bits per heavy atom. The Balaban J connectivity index is 0.742. The minimum atomic E-state index is -1.05. The van der Waals surface area contributed by atoms with Gasteiger partial charge in [-0.25, -0.2) is 4.39 Å². The highest BCUT2D eigenvalue weighted by molar-refractivity contribution is 6.35. The topological polar surface area (TPSA) is 222 Å². The van der Waals surface area contributed by atoms with Gasteiger partial charge in [-0.3, -0.25) is 53.5 Å². The first-order valence-corrected chi connectivity index (χ1v) is 20.5. The van der Waals surface area contributed by atoms with Crippen molar-refractivity contribution in [2.75, 3.05) is 61.8 Å². The maximum atomic E-state index is 13.9. The van der Waals surface area contributed by atoms with Crippen LogP contribution >= 0.6 is 0 Å². The van der Waals surface area contributed by atoms with Crippen LogP contribution in [0, 0.1) is 12.7 Å². The van der Waals surface area contributed by atoms with Gasteiger partial charge in [0.15, 0.2) is 0 Å². The number of piperazine rings is 1. The third kappa shape index (κ3) is 9.70. The van der Waals surface area contributed by atoms with E-state index in [1.165, 1.54) is 24.3 Å². The summed E-state index contributed by atoms with van der Waals surface area (Å²) >= 11 is 0. The summed E-state index contributed by atoms with van der Waals surface area (Å²) in [5.41, 5.74) is 4.02. The number of rotatable bonds is 16. The summed E-state index contributed by atoms with van der Waals surface area (Å²) < 4.78 is 13.9. The number of piperidine rings is 1. The van der Waals surface area contributed by atoms with Crippen molar-refractivity contribution in [3.63, 3.8) is 0 Å². The van der Waals surface area contributed by atoms with Crippen molar-refractivity contribution in [2.45, 2.75) is 64.3 Å². The fourth-order valence-corrected chi connectivity index (χ4v) is 8.01. The maximum absolute atomic E-state index is 13.9. The molecule has 1 atom stereocenters. The predicted octanol–water partition coefficient (Wildman–Crippen LogP) is 3.01. The van der Waals surface area contributed by atoms with E-state index < -0.39 is 35.5 Å². The van der Waals surface area contributed by atoms with Crippen LogP contribution < -0.4 is 26.6 Å². The lowest BCUT2D eigenvalue weighted by Crippen LogP contribution is -2.54. The molecule has 1 unspecified atom stereocenters. The molecule has 17 nitrogen and oxygen atoms in total. The van der Waals surface area contributed by atoms with Gasteiger partial charge in [0, 0.05) is 87.4 Å². The largest absolute Gasteiger partial charge is 0.383 e. The normalized spacial score (nSPS) is 18.2. The minimum absolute atomic E-state index is 0.0347. The molecule has 4 aliphatic heterocycles. The lowest BCUT2D eigenvalue weighted by atomic mass is 10.0. The Morgan fingerprint density at radius 1 is 0.852 bits per heavy atom. The van der Waals surface area contributed by atoms with Gasteiger partial charge in [0.05, 0.1) is 28.9 Å². The molecule has 5 heterocycles. The fourth-order valence-electron chi connectivity index (χ4n) is 8.01. The van der Waals surface area contributed by atoms with Crippen molar-refractivity contribution in [1.82, 2.24) is 30.3 Å². The van der Waals surface area contributed by atoms with Crippen molar-refractivity contribution >= 4 is 76.0 Å². The highest BCUT2D eigenvalue weighted by atomic mass is 19.1. The number of nitrogens with zero attached hydrogens (tertiary/aromatic N) is 3. The lowest BCUT2D eigenvalue weighted by Gasteiger charge is -2.34. The van der Waals surface area contributed by atoms with E-state index in [9.17, 15) is 42.7 Å². The number of carbonyl (C=O) groups is 8. The Hall–Kier alpha value is -6.69. The molecule has 320 valence electrons. The van der Waals surface area contributed by atoms with Crippen LogP contribution in [0.1, 0.15) is 88.9 Å². The summed E-state index contributed by atoms with van der Waals surface area (Å²) in [4.78, 5) is 109. The molecule has 0 spiro atoms. The van der Waals surface area contributed by atoms with Gasteiger partial charge in [-0.15, -0.1) is 0 Å². The smallest absolute Gasteiger partial charge is 0.264 e. The number of aromatic nitrogens is 1. The monoisotopic (exact) mass is 837 g/mol. The van der Waals surface area contributed by atoms with E-state index >= 15 is 0 Å². The summed E-state index contributed by atoms with van der Waals surface area (Å²) in [6.07, 6.45) is 7.11. The van der Waals surface area contributed by atoms with Crippen LogP contribution in [0.3, 0.4) is 0 Å². The summed E-state index contributed by atoms with van der Waals surface area (Å²) in [7, 11) is 0. The average Bonchev–Trinajstić information content (AvgIpc) is 3.83. The van der Waals surface area contributed by atoms with Crippen LogP contribution in [0.5, 0.6) is 0 Å². The van der Waals surface area contributed by atoms with E-state index in [4.69, 9.17) is 0 Å². The first kappa shape index (κ1) is 42.4. The van der Waals surface area contributed by atoms with Crippen molar-refractivity contribution in [1.29, 1.82) is 0 Å². The molecule has 4 aliphatic rings. The number of hydrogen-bond donors (Lipinski definition) is 6. The number of nitrogens with one attached hydrogen (secondary N) is 6. The molecule has 2 fully saturated rings. The van der Waals surface area contributed by atoms with Gasteiger partial charge < -0.3 is 31.2 Å². The molecule has 18 heteroatoms. The number of unbranched alkanes of at least 4 members (excludes halogenated alkanes) is 3. The molecule has 0 radical (unpaired) electrons. The summed E-state index contributed by atoms with van der Waals surface area (Å²) in [5.74, 6) is -3.34. The number of H-pyrrole nitrogens is 1. The number of imide groups is 2. The van der Waals surface area contributed by atoms with Crippen LogP contribution in [0.15, 0.2) is 42.6 Å². The zero-order valence-electron chi connectivity index (χ0n) is 33.8. The van der Waals surface area contributed by atoms with Gasteiger partial charge in [-0.2, -0.15) is 0 Å². The van der Waals surface area contributed by atoms with Gasteiger partial charge in [-0.1, -0.05) is 18.9 Å². The van der Waals surface area contributed by atoms with E-state index in [0.717, 1.165) is 23.3 Å². The zero-order valence-corrected chi connectivity index (χ0v) is 33.8. The second-order valence-corrected chi connectivity index (χ2v) is 15.5. The number of hydrogen-bond acceptors (Lipinski definition) is 10. The van der Waals surface area contributed by atoms with E-state index in [2.05, 4.69) is 31.6 Å². The predicted molar refractivity (Wildman–Crippen MR) is 222 cm³/mol. The van der Waals surface area contributed by atoms with Gasteiger partial charge in [-0.05, 0) is 68.2 Å². The number of aromatic amines is 1. The highest BCUT2D eigenvalue weighted by Crippen LogP contribution is 2.35. The van der Waals surface area contributed by atoms with Crippen molar-refractivity contribution in [3.05, 3.63) is 76.4 Å².